The maximum atomic E-state index is 13.1. The lowest BCUT2D eigenvalue weighted by Gasteiger charge is -2.42. The molecule has 11 atom stereocenters. The van der Waals surface area contributed by atoms with Gasteiger partial charge in [-0.25, -0.2) is 0 Å². The second-order valence-corrected chi connectivity index (χ2v) is 21.9. The molecule has 7 N–H and O–H groups in total. The molecular formula is C61H114O14. The van der Waals surface area contributed by atoms with Crippen molar-refractivity contribution in [2.75, 3.05) is 33.0 Å². The Bertz CT molecular complexity index is 1330. The molecule has 2 aliphatic heterocycles. The number of allylic oxidation sites excluding steroid dienone is 4. The fourth-order valence-corrected chi connectivity index (χ4v) is 9.97. The lowest BCUT2D eigenvalue weighted by atomic mass is 9.98. The second-order valence-electron chi connectivity index (χ2n) is 21.9. The van der Waals surface area contributed by atoms with Gasteiger partial charge in [0.15, 0.2) is 12.6 Å². The summed E-state index contributed by atoms with van der Waals surface area (Å²) in [6.45, 7) is 3.74. The van der Waals surface area contributed by atoms with E-state index in [9.17, 15) is 40.5 Å². The second kappa shape index (κ2) is 48.4. The fourth-order valence-electron chi connectivity index (χ4n) is 9.97. The molecule has 75 heavy (non-hydrogen) atoms. The minimum absolute atomic E-state index is 0.0668. The molecule has 0 aliphatic carbocycles. The van der Waals surface area contributed by atoms with Gasteiger partial charge in [0.05, 0.1) is 26.4 Å². The van der Waals surface area contributed by atoms with E-state index in [0.29, 0.717) is 13.0 Å². The molecule has 2 heterocycles. The van der Waals surface area contributed by atoms with Crippen molar-refractivity contribution in [1.29, 1.82) is 0 Å². The van der Waals surface area contributed by atoms with E-state index >= 15 is 0 Å². The van der Waals surface area contributed by atoms with E-state index in [2.05, 4.69) is 38.2 Å². The molecule has 11 unspecified atom stereocenters. The summed E-state index contributed by atoms with van der Waals surface area (Å²) in [7, 11) is 0. The molecule has 14 nitrogen and oxygen atoms in total. The highest BCUT2D eigenvalue weighted by Crippen LogP contribution is 2.27. The van der Waals surface area contributed by atoms with Crippen molar-refractivity contribution in [2.24, 2.45) is 0 Å². The number of aliphatic hydroxyl groups excluding tert-OH is 7. The molecule has 0 radical (unpaired) electrons. The van der Waals surface area contributed by atoms with Gasteiger partial charge in [-0.3, -0.25) is 4.79 Å². The van der Waals surface area contributed by atoms with Crippen LogP contribution in [0, 0.1) is 0 Å². The lowest BCUT2D eigenvalue weighted by Crippen LogP contribution is -2.61. The van der Waals surface area contributed by atoms with Crippen LogP contribution < -0.4 is 0 Å². The molecule has 2 fully saturated rings. The van der Waals surface area contributed by atoms with E-state index in [1.165, 1.54) is 186 Å². The Kier molecular flexibility index (Phi) is 44.9. The molecule has 0 spiro atoms. The summed E-state index contributed by atoms with van der Waals surface area (Å²) in [5.74, 6) is -0.371. The lowest BCUT2D eigenvalue weighted by molar-refractivity contribution is -0.332. The van der Waals surface area contributed by atoms with Gasteiger partial charge in [-0.1, -0.05) is 231 Å². The number of carbonyl (C=O) groups excluding carboxylic acids is 1. The first-order chi connectivity index (χ1) is 36.6. The van der Waals surface area contributed by atoms with Crippen LogP contribution in [0.4, 0.5) is 0 Å². The number of rotatable bonds is 51. The molecule has 0 amide bonds. The Morgan fingerprint density at radius 2 is 0.827 bits per heavy atom. The summed E-state index contributed by atoms with van der Waals surface area (Å²) >= 11 is 0. The van der Waals surface area contributed by atoms with Crippen LogP contribution in [-0.2, 0) is 33.2 Å². The van der Waals surface area contributed by atoms with Gasteiger partial charge in [0.25, 0.3) is 0 Å². The summed E-state index contributed by atoms with van der Waals surface area (Å²) in [6, 6.07) is 0. The monoisotopic (exact) mass is 1070 g/mol. The molecule has 0 bridgehead atoms. The Morgan fingerprint density at radius 1 is 0.440 bits per heavy atom. The molecule has 14 heteroatoms. The molecule has 0 aromatic rings. The van der Waals surface area contributed by atoms with Crippen LogP contribution in [0.15, 0.2) is 24.3 Å². The minimum Gasteiger partial charge on any atom is -0.457 e. The number of aliphatic hydroxyl groups is 7. The molecule has 2 rings (SSSR count). The van der Waals surface area contributed by atoms with Gasteiger partial charge in [0, 0.05) is 13.0 Å². The van der Waals surface area contributed by atoms with Crippen LogP contribution >= 0.6 is 0 Å². The molecule has 442 valence electrons. The smallest absolute Gasteiger partial charge is 0.306 e. The van der Waals surface area contributed by atoms with Crippen LogP contribution in [0.25, 0.3) is 0 Å². The van der Waals surface area contributed by atoms with Crippen LogP contribution in [-0.4, -0.2) is 142 Å². The van der Waals surface area contributed by atoms with Gasteiger partial charge in [-0.15, -0.1) is 0 Å². The van der Waals surface area contributed by atoms with E-state index < -0.39 is 80.7 Å². The zero-order valence-electron chi connectivity index (χ0n) is 47.6. The summed E-state index contributed by atoms with van der Waals surface area (Å²) in [5, 5.41) is 72.4. The highest BCUT2D eigenvalue weighted by atomic mass is 16.7. The fraction of sp³-hybridized carbons (Fsp3) is 0.918. The van der Waals surface area contributed by atoms with E-state index in [1.54, 1.807) is 0 Å². The first kappa shape index (κ1) is 69.6. The van der Waals surface area contributed by atoms with Gasteiger partial charge < -0.3 is 64.2 Å². The molecule has 2 saturated heterocycles. The summed E-state index contributed by atoms with van der Waals surface area (Å²) in [6.07, 6.45) is 39.5. The molecule has 2 aliphatic rings. The van der Waals surface area contributed by atoms with Crippen LogP contribution in [0.2, 0.25) is 0 Å². The summed E-state index contributed by atoms with van der Waals surface area (Å²) in [4.78, 5) is 13.1. The summed E-state index contributed by atoms with van der Waals surface area (Å²) < 4.78 is 34.4. The third kappa shape index (κ3) is 35.0. The maximum Gasteiger partial charge on any atom is 0.306 e. The normalized spacial score (nSPS) is 24.7. The van der Waals surface area contributed by atoms with E-state index in [4.69, 9.17) is 28.4 Å². The first-order valence-corrected chi connectivity index (χ1v) is 30.9. The highest BCUT2D eigenvalue weighted by molar-refractivity contribution is 5.69. The predicted octanol–water partition coefficient (Wildman–Crippen LogP) is 11.5. The van der Waals surface area contributed by atoms with Gasteiger partial charge in [-0.2, -0.15) is 0 Å². The topological polar surface area (TPSA) is 214 Å². The molecular weight excluding hydrogens is 957 g/mol. The van der Waals surface area contributed by atoms with Crippen molar-refractivity contribution in [3.63, 3.8) is 0 Å². The van der Waals surface area contributed by atoms with E-state index in [0.717, 1.165) is 44.9 Å². The Hall–Kier alpha value is -1.53. The number of esters is 1. The number of carbonyl (C=O) groups is 1. The Balaban J connectivity index is 1.67. The maximum absolute atomic E-state index is 13.1. The molecule has 0 saturated carbocycles. The zero-order valence-corrected chi connectivity index (χ0v) is 47.6. The van der Waals surface area contributed by atoms with Crippen LogP contribution in [0.5, 0.6) is 0 Å². The Labute approximate surface area is 456 Å². The highest BCUT2D eigenvalue weighted by Gasteiger charge is 2.47. The first-order valence-electron chi connectivity index (χ1n) is 30.9. The van der Waals surface area contributed by atoms with Gasteiger partial charge in [0.2, 0.25) is 0 Å². The van der Waals surface area contributed by atoms with Crippen LogP contribution in [0.1, 0.15) is 258 Å². The number of hydrogen-bond donors (Lipinski definition) is 7. The van der Waals surface area contributed by atoms with Gasteiger partial charge in [-0.05, 0) is 44.9 Å². The van der Waals surface area contributed by atoms with E-state index in [-0.39, 0.29) is 25.6 Å². The zero-order chi connectivity index (χ0) is 54.4. The third-order valence-electron chi connectivity index (χ3n) is 15.0. The number of hydrogen-bond acceptors (Lipinski definition) is 14. The van der Waals surface area contributed by atoms with Gasteiger partial charge >= 0.3 is 5.97 Å². The van der Waals surface area contributed by atoms with Crippen molar-refractivity contribution < 1.29 is 69.0 Å². The minimum atomic E-state index is -1.70. The molecule has 0 aromatic carbocycles. The SMILES string of the molecule is CCCCCCC/C=C\C/C=C\CCCCCCCCCCCCCCCC(=O)OC(COCCCCCCCCCCCCCCCCCC)COC1OC(COC2OC(CO)C(O)C(O)C2O)C(O)C(O)C1O. The average molecular weight is 1070 g/mol. The van der Waals surface area contributed by atoms with Crippen molar-refractivity contribution >= 4 is 5.97 Å². The molecule has 0 aromatic heterocycles. The average Bonchev–Trinajstić information content (AvgIpc) is 3.41. The van der Waals surface area contributed by atoms with Crippen molar-refractivity contribution in [3.05, 3.63) is 24.3 Å². The quantitative estimate of drug-likeness (QED) is 0.0172. The number of ether oxygens (including phenoxy) is 6. The summed E-state index contributed by atoms with van der Waals surface area (Å²) in [5.41, 5.74) is 0. The van der Waals surface area contributed by atoms with Crippen LogP contribution in [0.3, 0.4) is 0 Å². The largest absolute Gasteiger partial charge is 0.457 e. The standard InChI is InChI=1S/C61H114O14/c1-3-5-7-9-11-13-15-17-19-21-22-23-24-25-26-27-28-29-30-32-34-36-38-40-42-44-53(63)73-50(47-70-45-43-41-39-37-35-33-31-20-18-16-14-12-10-8-6-4-2)48-71-60-59(69)57(67)55(65)52(75-60)49-72-61-58(68)56(66)54(64)51(46-62)74-61/h15,17,21-22,50-52,54-62,64-69H,3-14,16,18-20,23-49H2,1-2H3/b17-15-,22-21-. The van der Waals surface area contributed by atoms with Crippen molar-refractivity contribution in [3.8, 4) is 0 Å². The van der Waals surface area contributed by atoms with E-state index in [1.807, 2.05) is 0 Å². The van der Waals surface area contributed by atoms with Crippen molar-refractivity contribution in [2.45, 2.75) is 325 Å². The van der Waals surface area contributed by atoms with Gasteiger partial charge in [0.1, 0.15) is 54.9 Å². The Morgan fingerprint density at radius 3 is 1.28 bits per heavy atom. The predicted molar refractivity (Wildman–Crippen MR) is 298 cm³/mol. The van der Waals surface area contributed by atoms with Crippen molar-refractivity contribution in [1.82, 2.24) is 0 Å². The number of unbranched alkanes of at least 4 members (excludes halogenated alkanes) is 33. The third-order valence-corrected chi connectivity index (χ3v) is 15.0.